The SMILES string of the molecule is Cc1ccc(-c2nn(CC(=O)CCc3ccccc3C(F)(F)F)c(=O)n2Cc2ccccc2F)cc1. The van der Waals surface area contributed by atoms with Gasteiger partial charge in [0.2, 0.25) is 0 Å². The Morgan fingerprint density at radius 1 is 0.917 bits per heavy atom. The molecule has 0 fully saturated rings. The van der Waals surface area contributed by atoms with Crippen LogP contribution < -0.4 is 5.69 Å². The minimum Gasteiger partial charge on any atom is -0.298 e. The molecule has 9 heteroatoms. The first-order chi connectivity index (χ1) is 17.1. The molecule has 3 aromatic carbocycles. The zero-order chi connectivity index (χ0) is 25.9. The van der Waals surface area contributed by atoms with E-state index in [1.807, 2.05) is 19.1 Å². The number of hydrogen-bond acceptors (Lipinski definition) is 3. The van der Waals surface area contributed by atoms with Crippen LogP contribution in [0.15, 0.2) is 77.6 Å². The molecule has 1 heterocycles. The summed E-state index contributed by atoms with van der Waals surface area (Å²) in [7, 11) is 0. The van der Waals surface area contributed by atoms with Crippen molar-refractivity contribution >= 4 is 5.78 Å². The highest BCUT2D eigenvalue weighted by Gasteiger charge is 2.32. The summed E-state index contributed by atoms with van der Waals surface area (Å²) in [5.41, 5.74) is 0.497. The van der Waals surface area contributed by atoms with Gasteiger partial charge in [-0.05, 0) is 31.0 Å². The molecule has 0 aliphatic rings. The zero-order valence-electron chi connectivity index (χ0n) is 19.4. The molecule has 0 unspecified atom stereocenters. The molecule has 1 aromatic heterocycles. The second-order valence-corrected chi connectivity index (χ2v) is 8.50. The van der Waals surface area contributed by atoms with Gasteiger partial charge in [-0.15, -0.1) is 5.10 Å². The van der Waals surface area contributed by atoms with Gasteiger partial charge in [0.05, 0.1) is 12.1 Å². The summed E-state index contributed by atoms with van der Waals surface area (Å²) in [4.78, 5) is 25.8. The summed E-state index contributed by atoms with van der Waals surface area (Å²) < 4.78 is 56.3. The van der Waals surface area contributed by atoms with Gasteiger partial charge in [-0.1, -0.05) is 66.2 Å². The van der Waals surface area contributed by atoms with Crippen molar-refractivity contribution in [2.45, 2.75) is 39.0 Å². The zero-order valence-corrected chi connectivity index (χ0v) is 19.4. The van der Waals surface area contributed by atoms with E-state index in [9.17, 15) is 27.2 Å². The van der Waals surface area contributed by atoms with E-state index in [-0.39, 0.29) is 36.3 Å². The number of carbonyl (C=O) groups is 1. The Morgan fingerprint density at radius 3 is 2.22 bits per heavy atom. The average Bonchev–Trinajstić information content (AvgIpc) is 3.14. The molecule has 36 heavy (non-hydrogen) atoms. The second kappa shape index (κ2) is 10.3. The molecule has 0 aliphatic carbocycles. The van der Waals surface area contributed by atoms with Gasteiger partial charge < -0.3 is 0 Å². The number of halogens is 4. The smallest absolute Gasteiger partial charge is 0.298 e. The molecule has 0 atom stereocenters. The van der Waals surface area contributed by atoms with Crippen molar-refractivity contribution < 1.29 is 22.4 Å². The first-order valence-corrected chi connectivity index (χ1v) is 11.3. The van der Waals surface area contributed by atoms with Gasteiger partial charge in [0.1, 0.15) is 12.4 Å². The van der Waals surface area contributed by atoms with Crippen molar-refractivity contribution in [2.75, 3.05) is 0 Å². The maximum atomic E-state index is 14.3. The highest BCUT2D eigenvalue weighted by molar-refractivity contribution is 5.78. The quantitative estimate of drug-likeness (QED) is 0.305. The summed E-state index contributed by atoms with van der Waals surface area (Å²) in [6, 6.07) is 18.4. The molecule has 0 N–H and O–H groups in total. The van der Waals surface area contributed by atoms with Gasteiger partial charge in [0.25, 0.3) is 0 Å². The van der Waals surface area contributed by atoms with Gasteiger partial charge in [0, 0.05) is 17.5 Å². The van der Waals surface area contributed by atoms with E-state index in [1.165, 1.54) is 28.8 Å². The Morgan fingerprint density at radius 2 is 1.56 bits per heavy atom. The Bertz CT molecular complexity index is 1440. The second-order valence-electron chi connectivity index (χ2n) is 8.50. The highest BCUT2D eigenvalue weighted by Crippen LogP contribution is 2.32. The standard InChI is InChI=1S/C27H23F4N3O2/c1-18-10-12-20(13-11-18)25-32-34(26(36)33(25)16-21-7-3-5-9-24(21)28)17-22(35)15-14-19-6-2-4-8-23(19)27(29,30)31/h2-13H,14-17H2,1H3. The third-order valence-electron chi connectivity index (χ3n) is 5.84. The third kappa shape index (κ3) is 5.62. The predicted molar refractivity (Wildman–Crippen MR) is 127 cm³/mol. The number of aryl methyl sites for hydroxylation is 2. The monoisotopic (exact) mass is 497 g/mol. The number of rotatable bonds is 8. The van der Waals surface area contributed by atoms with E-state index in [0.717, 1.165) is 16.3 Å². The van der Waals surface area contributed by atoms with Gasteiger partial charge in [-0.3, -0.25) is 9.36 Å². The van der Waals surface area contributed by atoms with Crippen molar-refractivity contribution in [3.63, 3.8) is 0 Å². The number of aromatic nitrogens is 3. The fourth-order valence-corrected chi connectivity index (χ4v) is 3.93. The van der Waals surface area contributed by atoms with Gasteiger partial charge in [0.15, 0.2) is 11.6 Å². The Labute approximate surface area is 204 Å². The summed E-state index contributed by atoms with van der Waals surface area (Å²) in [6.45, 7) is 1.41. The topological polar surface area (TPSA) is 56.9 Å². The fourth-order valence-electron chi connectivity index (χ4n) is 3.93. The Balaban J connectivity index is 1.60. The minimum atomic E-state index is -4.52. The predicted octanol–water partition coefficient (Wildman–Crippen LogP) is 5.43. The Hall–Kier alpha value is -4.01. The lowest BCUT2D eigenvalue weighted by Crippen LogP contribution is -2.28. The molecule has 4 aromatic rings. The number of ketones is 1. The molecule has 5 nitrogen and oxygen atoms in total. The van der Waals surface area contributed by atoms with Crippen LogP contribution in [0.5, 0.6) is 0 Å². The largest absolute Gasteiger partial charge is 0.416 e. The average molecular weight is 497 g/mol. The van der Waals surface area contributed by atoms with E-state index in [1.54, 1.807) is 30.3 Å². The molecule has 0 saturated heterocycles. The van der Waals surface area contributed by atoms with Crippen LogP contribution >= 0.6 is 0 Å². The van der Waals surface area contributed by atoms with E-state index in [0.29, 0.717) is 5.56 Å². The lowest BCUT2D eigenvalue weighted by atomic mass is 10.0. The molecule has 0 radical (unpaired) electrons. The molecule has 0 saturated carbocycles. The van der Waals surface area contributed by atoms with Crippen LogP contribution in [0.2, 0.25) is 0 Å². The van der Waals surface area contributed by atoms with E-state index < -0.39 is 35.6 Å². The fraction of sp³-hybridized carbons (Fsp3) is 0.222. The van der Waals surface area contributed by atoms with Crippen molar-refractivity contribution in [1.29, 1.82) is 0 Å². The first-order valence-electron chi connectivity index (χ1n) is 11.3. The van der Waals surface area contributed by atoms with E-state index >= 15 is 0 Å². The number of Topliss-reactive ketones (excluding diaryl/α,β-unsaturated/α-hetero) is 1. The minimum absolute atomic E-state index is 0.0103. The first kappa shape index (κ1) is 25.1. The van der Waals surface area contributed by atoms with Crippen LogP contribution in [-0.4, -0.2) is 20.1 Å². The van der Waals surface area contributed by atoms with E-state index in [4.69, 9.17) is 0 Å². The van der Waals surface area contributed by atoms with Crippen LogP contribution in [0.4, 0.5) is 17.6 Å². The van der Waals surface area contributed by atoms with Crippen LogP contribution in [0.1, 0.15) is 28.7 Å². The summed E-state index contributed by atoms with van der Waals surface area (Å²) in [5, 5.41) is 4.33. The summed E-state index contributed by atoms with van der Waals surface area (Å²) >= 11 is 0. The van der Waals surface area contributed by atoms with Crippen molar-refractivity contribution in [3.8, 4) is 11.4 Å². The van der Waals surface area contributed by atoms with Crippen molar-refractivity contribution in [2.24, 2.45) is 0 Å². The summed E-state index contributed by atoms with van der Waals surface area (Å²) in [6.07, 6.45) is -4.84. The summed E-state index contributed by atoms with van der Waals surface area (Å²) in [5.74, 6) is -0.662. The van der Waals surface area contributed by atoms with Crippen LogP contribution in [0, 0.1) is 12.7 Å². The normalized spacial score (nSPS) is 11.6. The van der Waals surface area contributed by atoms with Crippen molar-refractivity contribution in [3.05, 3.63) is 111 Å². The number of carbonyl (C=O) groups excluding carboxylic acids is 1. The lowest BCUT2D eigenvalue weighted by Gasteiger charge is -2.12. The molecule has 0 amide bonds. The molecular weight excluding hydrogens is 474 g/mol. The number of benzene rings is 3. The van der Waals surface area contributed by atoms with Gasteiger partial charge in [-0.25, -0.2) is 13.9 Å². The van der Waals surface area contributed by atoms with Crippen LogP contribution in [0.3, 0.4) is 0 Å². The number of nitrogens with zero attached hydrogens (tertiary/aromatic N) is 3. The number of alkyl halides is 3. The maximum absolute atomic E-state index is 14.3. The lowest BCUT2D eigenvalue weighted by molar-refractivity contribution is -0.138. The van der Waals surface area contributed by atoms with Crippen LogP contribution in [0.25, 0.3) is 11.4 Å². The van der Waals surface area contributed by atoms with E-state index in [2.05, 4.69) is 5.10 Å². The maximum Gasteiger partial charge on any atom is 0.416 e. The Kier molecular flexibility index (Phi) is 7.19. The van der Waals surface area contributed by atoms with Gasteiger partial charge in [-0.2, -0.15) is 13.2 Å². The molecular formula is C27H23F4N3O2. The van der Waals surface area contributed by atoms with Crippen molar-refractivity contribution in [1.82, 2.24) is 14.3 Å². The molecule has 0 bridgehead atoms. The highest BCUT2D eigenvalue weighted by atomic mass is 19.4. The molecule has 0 aliphatic heterocycles. The van der Waals surface area contributed by atoms with Crippen LogP contribution in [-0.2, 0) is 30.5 Å². The molecule has 0 spiro atoms. The van der Waals surface area contributed by atoms with Gasteiger partial charge >= 0.3 is 11.9 Å². The molecule has 186 valence electrons. The number of hydrogen-bond donors (Lipinski definition) is 0. The molecule has 4 rings (SSSR count). The third-order valence-corrected chi connectivity index (χ3v) is 5.84.